The number of rotatable bonds is 2. The Hall–Kier alpha value is -1.91. The van der Waals surface area contributed by atoms with Gasteiger partial charge in [-0.1, -0.05) is 6.07 Å². The van der Waals surface area contributed by atoms with Crippen molar-refractivity contribution in [2.75, 3.05) is 0 Å². The largest absolute Gasteiger partial charge is 0.481 e. The van der Waals surface area contributed by atoms with Gasteiger partial charge in [-0.15, -0.1) is 0 Å². The van der Waals surface area contributed by atoms with Crippen molar-refractivity contribution in [2.45, 2.75) is 18.9 Å². The van der Waals surface area contributed by atoms with Crippen LogP contribution in [0.2, 0.25) is 0 Å². The Bertz CT molecular complexity index is 405. The van der Waals surface area contributed by atoms with Crippen molar-refractivity contribution in [3.05, 3.63) is 30.1 Å². The fourth-order valence-corrected chi connectivity index (χ4v) is 1.88. The molecule has 2 atom stereocenters. The molecule has 1 aliphatic heterocycles. The van der Waals surface area contributed by atoms with E-state index in [-0.39, 0.29) is 6.04 Å². The summed E-state index contributed by atoms with van der Waals surface area (Å²) in [6.45, 7) is 0. The molecule has 0 bridgehead atoms. The second-order valence-corrected chi connectivity index (χ2v) is 3.82. The number of amides is 1. The van der Waals surface area contributed by atoms with Gasteiger partial charge < -0.3 is 10.4 Å². The van der Waals surface area contributed by atoms with Gasteiger partial charge in [0.05, 0.1) is 6.04 Å². The van der Waals surface area contributed by atoms with Crippen molar-refractivity contribution < 1.29 is 14.7 Å². The van der Waals surface area contributed by atoms with Crippen LogP contribution in [0, 0.1) is 5.92 Å². The molecule has 1 aromatic rings. The normalized spacial score (nSPS) is 24.9. The molecule has 1 saturated heterocycles. The second kappa shape index (κ2) is 4.30. The lowest BCUT2D eigenvalue weighted by atomic mass is 9.91. The number of aromatic nitrogens is 1. The number of carbonyl (C=O) groups is 2. The first-order chi connectivity index (χ1) is 7.68. The molecule has 5 nitrogen and oxygen atoms in total. The highest BCUT2D eigenvalue weighted by molar-refractivity contribution is 5.97. The molecule has 2 unspecified atom stereocenters. The Kier molecular flexibility index (Phi) is 2.85. The number of carbonyl (C=O) groups excluding carboxylic acids is 1. The van der Waals surface area contributed by atoms with Gasteiger partial charge in [-0.25, -0.2) is 0 Å². The first-order valence-electron chi connectivity index (χ1n) is 5.11. The standard InChI is InChI=1S/C11H12N2O3/c14-10-8(11(15)16)3-4-9(13-10)7-2-1-5-12-6-7/h1-2,5-6,8-9H,3-4H2,(H,13,14)(H,15,16). The summed E-state index contributed by atoms with van der Waals surface area (Å²) < 4.78 is 0. The zero-order valence-corrected chi connectivity index (χ0v) is 8.59. The Morgan fingerprint density at radius 3 is 2.88 bits per heavy atom. The zero-order valence-electron chi connectivity index (χ0n) is 8.59. The molecule has 2 N–H and O–H groups in total. The van der Waals surface area contributed by atoms with E-state index in [1.54, 1.807) is 18.5 Å². The molecule has 2 rings (SSSR count). The molecular weight excluding hydrogens is 208 g/mol. The van der Waals surface area contributed by atoms with E-state index in [0.717, 1.165) is 5.56 Å². The van der Waals surface area contributed by atoms with Crippen molar-refractivity contribution in [3.63, 3.8) is 0 Å². The van der Waals surface area contributed by atoms with Crippen LogP contribution >= 0.6 is 0 Å². The van der Waals surface area contributed by atoms with E-state index in [1.165, 1.54) is 0 Å². The van der Waals surface area contributed by atoms with Crippen molar-refractivity contribution in [3.8, 4) is 0 Å². The molecule has 5 heteroatoms. The van der Waals surface area contributed by atoms with E-state index in [2.05, 4.69) is 10.3 Å². The third-order valence-corrected chi connectivity index (χ3v) is 2.76. The molecule has 0 aromatic carbocycles. The van der Waals surface area contributed by atoms with Crippen LogP contribution in [0.3, 0.4) is 0 Å². The lowest BCUT2D eigenvalue weighted by molar-refractivity contribution is -0.148. The highest BCUT2D eigenvalue weighted by Crippen LogP contribution is 2.25. The van der Waals surface area contributed by atoms with Crippen LogP contribution in [0.15, 0.2) is 24.5 Å². The Morgan fingerprint density at radius 1 is 1.50 bits per heavy atom. The van der Waals surface area contributed by atoms with Gasteiger partial charge in [-0.2, -0.15) is 0 Å². The minimum atomic E-state index is -1.05. The smallest absolute Gasteiger partial charge is 0.316 e. The summed E-state index contributed by atoms with van der Waals surface area (Å²) in [5.41, 5.74) is 0.916. The molecule has 0 saturated carbocycles. The lowest BCUT2D eigenvalue weighted by Gasteiger charge is -2.27. The van der Waals surface area contributed by atoms with Crippen molar-refractivity contribution in [1.82, 2.24) is 10.3 Å². The summed E-state index contributed by atoms with van der Waals surface area (Å²) in [5.74, 6) is -2.37. The summed E-state index contributed by atoms with van der Waals surface area (Å²) in [6.07, 6.45) is 4.36. The topological polar surface area (TPSA) is 79.3 Å². The number of piperidine rings is 1. The third kappa shape index (κ3) is 2.03. The van der Waals surface area contributed by atoms with Gasteiger partial charge in [0.25, 0.3) is 0 Å². The molecule has 1 aromatic heterocycles. The van der Waals surface area contributed by atoms with E-state index < -0.39 is 17.8 Å². The molecule has 0 radical (unpaired) electrons. The Balaban J connectivity index is 2.08. The molecule has 84 valence electrons. The predicted molar refractivity (Wildman–Crippen MR) is 55.5 cm³/mol. The van der Waals surface area contributed by atoms with Crippen molar-refractivity contribution in [2.24, 2.45) is 5.92 Å². The molecule has 0 spiro atoms. The average Bonchev–Trinajstić information content (AvgIpc) is 2.29. The van der Waals surface area contributed by atoms with Crippen LogP contribution < -0.4 is 5.32 Å². The highest BCUT2D eigenvalue weighted by Gasteiger charge is 2.33. The van der Waals surface area contributed by atoms with Gasteiger partial charge in [-0.05, 0) is 24.5 Å². The zero-order chi connectivity index (χ0) is 11.5. The van der Waals surface area contributed by atoms with E-state index in [0.29, 0.717) is 12.8 Å². The van der Waals surface area contributed by atoms with Crippen LogP contribution in [-0.2, 0) is 9.59 Å². The molecule has 16 heavy (non-hydrogen) atoms. The van der Waals surface area contributed by atoms with Crippen molar-refractivity contribution in [1.29, 1.82) is 0 Å². The highest BCUT2D eigenvalue weighted by atomic mass is 16.4. The molecule has 1 fully saturated rings. The first-order valence-corrected chi connectivity index (χ1v) is 5.11. The van der Waals surface area contributed by atoms with Crippen LogP contribution in [0.25, 0.3) is 0 Å². The maximum atomic E-state index is 11.5. The monoisotopic (exact) mass is 220 g/mol. The minimum Gasteiger partial charge on any atom is -0.481 e. The maximum Gasteiger partial charge on any atom is 0.316 e. The molecule has 0 aliphatic carbocycles. The number of nitrogens with one attached hydrogen (secondary N) is 1. The predicted octanol–water partition coefficient (Wildman–Crippen LogP) is 0.734. The molecular formula is C11H12N2O3. The van der Waals surface area contributed by atoms with Crippen LogP contribution in [0.4, 0.5) is 0 Å². The van der Waals surface area contributed by atoms with Crippen LogP contribution in [0.1, 0.15) is 24.4 Å². The van der Waals surface area contributed by atoms with Gasteiger partial charge in [0, 0.05) is 12.4 Å². The molecule has 1 amide bonds. The maximum absolute atomic E-state index is 11.5. The summed E-state index contributed by atoms with van der Waals surface area (Å²) in [6, 6.07) is 3.56. The van der Waals surface area contributed by atoms with Crippen LogP contribution in [0.5, 0.6) is 0 Å². The number of nitrogens with zero attached hydrogens (tertiary/aromatic N) is 1. The van der Waals surface area contributed by atoms with Gasteiger partial charge >= 0.3 is 5.97 Å². The van der Waals surface area contributed by atoms with Gasteiger partial charge in [0.15, 0.2) is 0 Å². The molecule has 2 heterocycles. The Labute approximate surface area is 92.5 Å². The number of carboxylic acid groups (broad SMARTS) is 1. The summed E-state index contributed by atoms with van der Waals surface area (Å²) in [5, 5.41) is 11.5. The number of aliphatic carboxylic acids is 1. The summed E-state index contributed by atoms with van der Waals surface area (Å²) in [7, 11) is 0. The summed E-state index contributed by atoms with van der Waals surface area (Å²) >= 11 is 0. The van der Waals surface area contributed by atoms with Gasteiger partial charge in [0.2, 0.25) is 5.91 Å². The van der Waals surface area contributed by atoms with E-state index in [9.17, 15) is 9.59 Å². The van der Waals surface area contributed by atoms with Gasteiger partial charge in [-0.3, -0.25) is 14.6 Å². The van der Waals surface area contributed by atoms with E-state index in [1.807, 2.05) is 6.07 Å². The second-order valence-electron chi connectivity index (χ2n) is 3.82. The van der Waals surface area contributed by atoms with E-state index >= 15 is 0 Å². The van der Waals surface area contributed by atoms with E-state index in [4.69, 9.17) is 5.11 Å². The first kappa shape index (κ1) is 10.6. The fraction of sp³-hybridized carbons (Fsp3) is 0.364. The number of hydrogen-bond acceptors (Lipinski definition) is 3. The van der Waals surface area contributed by atoms with Gasteiger partial charge in [0.1, 0.15) is 5.92 Å². The van der Waals surface area contributed by atoms with Crippen LogP contribution in [-0.4, -0.2) is 22.0 Å². The number of carboxylic acids is 1. The minimum absolute atomic E-state index is 0.114. The number of hydrogen-bond donors (Lipinski definition) is 2. The third-order valence-electron chi connectivity index (χ3n) is 2.76. The fourth-order valence-electron chi connectivity index (χ4n) is 1.88. The quantitative estimate of drug-likeness (QED) is 0.720. The van der Waals surface area contributed by atoms with Crippen molar-refractivity contribution >= 4 is 11.9 Å². The lowest BCUT2D eigenvalue weighted by Crippen LogP contribution is -2.42. The SMILES string of the molecule is O=C(O)C1CCC(c2cccnc2)NC1=O. The number of pyridine rings is 1. The molecule has 1 aliphatic rings. The average molecular weight is 220 g/mol. The Morgan fingerprint density at radius 2 is 2.31 bits per heavy atom. The summed E-state index contributed by atoms with van der Waals surface area (Å²) in [4.78, 5) is 26.2.